The van der Waals surface area contributed by atoms with Gasteiger partial charge in [0.1, 0.15) is 73.2 Å². The summed E-state index contributed by atoms with van der Waals surface area (Å²) in [6.45, 7) is 1.64. The highest BCUT2D eigenvalue weighted by Gasteiger charge is 2.53. The molecule has 17 unspecified atom stereocenters. The number of carbonyl (C=O) groups is 1. The zero-order valence-corrected chi connectivity index (χ0v) is 48.5. The van der Waals surface area contributed by atoms with Crippen molar-refractivity contribution in [1.29, 1.82) is 0 Å². The third kappa shape index (κ3) is 27.6. The Balaban J connectivity index is 1.49. The van der Waals surface area contributed by atoms with E-state index in [2.05, 4.69) is 55.6 Å². The van der Waals surface area contributed by atoms with Crippen LogP contribution in [0.2, 0.25) is 0 Å². The van der Waals surface area contributed by atoms with Gasteiger partial charge in [0, 0.05) is 6.42 Å². The fourth-order valence-corrected chi connectivity index (χ4v) is 10.2. The van der Waals surface area contributed by atoms with Crippen LogP contribution in [0.3, 0.4) is 0 Å². The molecule has 0 aromatic carbocycles. The molecular weight excluding hydrogens is 1030 g/mol. The molecular formula is C61H109NO18. The van der Waals surface area contributed by atoms with Crippen LogP contribution >= 0.6 is 0 Å². The highest BCUT2D eigenvalue weighted by Crippen LogP contribution is 2.33. The van der Waals surface area contributed by atoms with Crippen molar-refractivity contribution in [1.82, 2.24) is 5.32 Å². The Hall–Kier alpha value is -2.25. The molecule has 0 aromatic heterocycles. The summed E-state index contributed by atoms with van der Waals surface area (Å²) in [5.74, 6) is -0.302. The van der Waals surface area contributed by atoms with Crippen LogP contribution in [0.15, 0.2) is 48.6 Å². The van der Waals surface area contributed by atoms with Crippen LogP contribution in [0, 0.1) is 0 Å². The van der Waals surface area contributed by atoms with E-state index in [4.69, 9.17) is 28.4 Å². The zero-order chi connectivity index (χ0) is 58.3. The van der Waals surface area contributed by atoms with Crippen LogP contribution in [-0.4, -0.2) is 193 Å². The smallest absolute Gasteiger partial charge is 0.220 e. The molecule has 17 atom stereocenters. The van der Waals surface area contributed by atoms with Gasteiger partial charge in [0.25, 0.3) is 0 Å². The lowest BCUT2D eigenvalue weighted by molar-refractivity contribution is -0.379. The monoisotopic (exact) mass is 1140 g/mol. The van der Waals surface area contributed by atoms with Crippen LogP contribution < -0.4 is 5.32 Å². The van der Waals surface area contributed by atoms with Crippen molar-refractivity contribution in [2.45, 2.75) is 304 Å². The van der Waals surface area contributed by atoms with E-state index in [-0.39, 0.29) is 18.9 Å². The molecule has 3 rings (SSSR count). The number of carbonyl (C=O) groups excluding carboxylic acids is 1. The lowest BCUT2D eigenvalue weighted by Crippen LogP contribution is -2.66. The Kier molecular flexibility index (Phi) is 39.8. The van der Waals surface area contributed by atoms with Crippen LogP contribution in [0.25, 0.3) is 0 Å². The Labute approximate surface area is 478 Å². The number of hydrogen-bond acceptors (Lipinski definition) is 18. The van der Waals surface area contributed by atoms with Crippen molar-refractivity contribution in [3.63, 3.8) is 0 Å². The molecule has 3 aliphatic heterocycles. The third-order valence-electron chi connectivity index (χ3n) is 15.3. The first-order chi connectivity index (χ1) is 38.8. The molecule has 12 N–H and O–H groups in total. The SMILES string of the molecule is CCCC/C=C\CCCCCCCC(=O)NC(COC1OC(CO)C(OC2OC(CO)C(OC3OC(CO)C(O)C(O)C3O)C(O)C2O)C(O)C1O)C(O)/C=C/CC/C=C/CC/C=C/CCCCCCCCCCCCCCCC. The van der Waals surface area contributed by atoms with Crippen molar-refractivity contribution >= 4 is 5.91 Å². The van der Waals surface area contributed by atoms with E-state index in [1.807, 2.05) is 6.08 Å². The fraction of sp³-hybridized carbons (Fsp3) is 0.852. The molecule has 466 valence electrons. The Morgan fingerprint density at radius 1 is 0.438 bits per heavy atom. The topological polar surface area (TPSA) is 307 Å². The van der Waals surface area contributed by atoms with Crippen molar-refractivity contribution in [3.8, 4) is 0 Å². The minimum absolute atomic E-state index is 0.220. The number of amides is 1. The number of nitrogens with one attached hydrogen (secondary N) is 1. The minimum atomic E-state index is -1.98. The van der Waals surface area contributed by atoms with E-state index >= 15 is 0 Å². The first kappa shape index (κ1) is 72.0. The van der Waals surface area contributed by atoms with Gasteiger partial charge >= 0.3 is 0 Å². The maximum Gasteiger partial charge on any atom is 0.220 e. The molecule has 0 bridgehead atoms. The van der Waals surface area contributed by atoms with Crippen molar-refractivity contribution < 1.29 is 89.4 Å². The molecule has 0 saturated carbocycles. The van der Waals surface area contributed by atoms with Gasteiger partial charge in [0.05, 0.1) is 38.6 Å². The Morgan fingerprint density at radius 2 is 0.812 bits per heavy atom. The van der Waals surface area contributed by atoms with Crippen molar-refractivity contribution in [2.75, 3.05) is 26.4 Å². The normalized spacial score (nSPS) is 30.3. The molecule has 3 aliphatic rings. The largest absolute Gasteiger partial charge is 0.394 e. The van der Waals surface area contributed by atoms with Gasteiger partial charge in [0.15, 0.2) is 18.9 Å². The van der Waals surface area contributed by atoms with Gasteiger partial charge in [-0.1, -0.05) is 178 Å². The molecule has 0 spiro atoms. The first-order valence-corrected chi connectivity index (χ1v) is 30.9. The molecule has 0 aromatic rings. The first-order valence-electron chi connectivity index (χ1n) is 30.9. The summed E-state index contributed by atoms with van der Waals surface area (Å²) in [6, 6.07) is -1.000. The molecule has 19 heteroatoms. The fourth-order valence-electron chi connectivity index (χ4n) is 10.2. The standard InChI is InChI=1S/C61H109NO18/c1-3-5-7-9-11-13-15-16-17-18-19-20-21-22-23-24-25-26-27-29-30-32-34-36-38-45(66)44(62-49(67)39-37-35-33-31-28-14-12-10-8-6-4-2)43-75-59-55(73)52(70)57(47(41-64)77-59)80-61-56(74)53(71)58(48(42-65)78-61)79-60-54(72)51(69)50(68)46(40-63)76-60/h10,12,24-25,29-30,36,38,44-48,50-61,63-66,68-74H,3-9,11,13-23,26-28,31-35,37,39-43H2,1-2H3,(H,62,67)/b12-10-,25-24+,30-29+,38-36+. The van der Waals surface area contributed by atoms with E-state index < -0.39 is 124 Å². The van der Waals surface area contributed by atoms with Gasteiger partial charge in [-0.25, -0.2) is 0 Å². The third-order valence-corrected chi connectivity index (χ3v) is 15.3. The molecule has 80 heavy (non-hydrogen) atoms. The molecule has 1 amide bonds. The summed E-state index contributed by atoms with van der Waals surface area (Å²) in [7, 11) is 0. The van der Waals surface area contributed by atoms with E-state index in [1.54, 1.807) is 6.08 Å². The number of rotatable bonds is 45. The summed E-state index contributed by atoms with van der Waals surface area (Å²) in [4.78, 5) is 13.3. The molecule has 3 fully saturated rings. The second-order valence-electron chi connectivity index (χ2n) is 22.1. The lowest BCUT2D eigenvalue weighted by Gasteiger charge is -2.48. The predicted molar refractivity (Wildman–Crippen MR) is 305 cm³/mol. The van der Waals surface area contributed by atoms with Crippen LogP contribution in [-0.2, 0) is 33.2 Å². The molecule has 3 heterocycles. The van der Waals surface area contributed by atoms with E-state index in [0.717, 1.165) is 64.2 Å². The zero-order valence-electron chi connectivity index (χ0n) is 48.5. The highest BCUT2D eigenvalue weighted by molar-refractivity contribution is 5.76. The van der Waals surface area contributed by atoms with Gasteiger partial charge < -0.3 is 89.9 Å². The number of hydrogen-bond donors (Lipinski definition) is 12. The van der Waals surface area contributed by atoms with E-state index in [0.29, 0.717) is 12.8 Å². The average molecular weight is 1140 g/mol. The molecule has 0 aliphatic carbocycles. The van der Waals surface area contributed by atoms with E-state index in [1.165, 1.54) is 103 Å². The maximum atomic E-state index is 13.3. The minimum Gasteiger partial charge on any atom is -0.394 e. The van der Waals surface area contributed by atoms with Gasteiger partial charge in [-0.3, -0.25) is 4.79 Å². The molecule has 0 radical (unpaired) electrons. The average Bonchev–Trinajstić information content (AvgIpc) is 3.58. The van der Waals surface area contributed by atoms with Crippen molar-refractivity contribution in [2.24, 2.45) is 0 Å². The summed E-state index contributed by atoms with van der Waals surface area (Å²) in [6.07, 6.45) is 22.6. The Bertz CT molecular complexity index is 1650. The lowest BCUT2D eigenvalue weighted by atomic mass is 9.96. The number of allylic oxidation sites excluding steroid dienone is 7. The van der Waals surface area contributed by atoms with Gasteiger partial charge in [-0.05, 0) is 64.2 Å². The summed E-state index contributed by atoms with van der Waals surface area (Å²) in [5.41, 5.74) is 0. The van der Waals surface area contributed by atoms with Crippen LogP contribution in [0.4, 0.5) is 0 Å². The second kappa shape index (κ2) is 44.3. The summed E-state index contributed by atoms with van der Waals surface area (Å²) >= 11 is 0. The number of aliphatic hydroxyl groups excluding tert-OH is 11. The quantitative estimate of drug-likeness (QED) is 0.0250. The number of ether oxygens (including phenoxy) is 6. The maximum absolute atomic E-state index is 13.3. The summed E-state index contributed by atoms with van der Waals surface area (Å²) < 4.78 is 34.2. The van der Waals surface area contributed by atoms with Gasteiger partial charge in [-0.15, -0.1) is 0 Å². The van der Waals surface area contributed by atoms with Crippen LogP contribution in [0.1, 0.15) is 200 Å². The van der Waals surface area contributed by atoms with Crippen LogP contribution in [0.5, 0.6) is 0 Å². The highest BCUT2D eigenvalue weighted by atomic mass is 16.8. The number of aliphatic hydroxyl groups is 11. The molecule has 19 nitrogen and oxygen atoms in total. The second-order valence-corrected chi connectivity index (χ2v) is 22.1. The molecule has 3 saturated heterocycles. The van der Waals surface area contributed by atoms with Crippen molar-refractivity contribution in [3.05, 3.63) is 48.6 Å². The van der Waals surface area contributed by atoms with Gasteiger partial charge in [0.2, 0.25) is 5.91 Å². The van der Waals surface area contributed by atoms with Gasteiger partial charge in [-0.2, -0.15) is 0 Å². The Morgan fingerprint density at radius 3 is 1.29 bits per heavy atom. The number of unbranched alkanes of at least 4 members (excludes halogenated alkanes) is 23. The summed E-state index contributed by atoms with van der Waals surface area (Å²) in [5, 5.41) is 120. The predicted octanol–water partition coefficient (Wildman–Crippen LogP) is 5.87. The van der Waals surface area contributed by atoms with E-state index in [9.17, 15) is 61.0 Å².